The molecule has 10 heteroatoms. The number of rotatable bonds is 8. The molecule has 0 bridgehead atoms. The summed E-state index contributed by atoms with van der Waals surface area (Å²) in [4.78, 5) is 24.3. The van der Waals surface area contributed by atoms with Crippen molar-refractivity contribution in [1.82, 2.24) is 9.29 Å². The number of benzene rings is 3. The lowest BCUT2D eigenvalue weighted by Gasteiger charge is -2.12. The fourth-order valence-corrected chi connectivity index (χ4v) is 5.46. The number of fused-ring (bicyclic) bond motifs is 1. The van der Waals surface area contributed by atoms with E-state index in [4.69, 9.17) is 4.74 Å². The molecule has 37 heavy (non-hydrogen) atoms. The van der Waals surface area contributed by atoms with Crippen molar-refractivity contribution in [3.05, 3.63) is 89.1 Å². The van der Waals surface area contributed by atoms with Gasteiger partial charge in [-0.2, -0.15) is 0 Å². The van der Waals surface area contributed by atoms with E-state index >= 15 is 0 Å². The third-order valence-corrected chi connectivity index (χ3v) is 7.47. The molecule has 0 spiro atoms. The number of aromatic nitrogens is 1. The van der Waals surface area contributed by atoms with Crippen molar-refractivity contribution in [3.8, 4) is 5.75 Å². The standard InChI is InChI=1S/C27H27N3O6S/c1-17-6-4-5-7-26(17)37(34,35)29-27(33)20-9-8-19(25(13-20)36-3)12-21-15-30(16-31)24-11-10-22(14-23(21)24)28-18(2)32/h4-11,13-15,31H,12,16H2,1-3H3,(H,28,32)(H,29,33). The van der Waals surface area contributed by atoms with Gasteiger partial charge in [-0.3, -0.25) is 9.59 Å². The molecule has 0 radical (unpaired) electrons. The summed E-state index contributed by atoms with van der Waals surface area (Å²) >= 11 is 0. The first kappa shape index (κ1) is 25.9. The van der Waals surface area contributed by atoms with Gasteiger partial charge in [0.25, 0.3) is 15.9 Å². The second kappa shape index (κ2) is 10.5. The predicted octanol–water partition coefficient (Wildman–Crippen LogP) is 3.58. The summed E-state index contributed by atoms with van der Waals surface area (Å²) in [6, 6.07) is 16.6. The van der Waals surface area contributed by atoms with E-state index in [0.29, 0.717) is 23.4 Å². The van der Waals surface area contributed by atoms with Crippen LogP contribution in [0.2, 0.25) is 0 Å². The summed E-state index contributed by atoms with van der Waals surface area (Å²) in [5.74, 6) is -0.559. The van der Waals surface area contributed by atoms with Crippen LogP contribution in [0.4, 0.5) is 5.69 Å². The normalized spacial score (nSPS) is 11.4. The Bertz CT molecular complexity index is 1610. The molecule has 3 N–H and O–H groups in total. The number of nitrogens with zero attached hydrogens (tertiary/aromatic N) is 1. The lowest BCUT2D eigenvalue weighted by atomic mass is 10.0. The van der Waals surface area contributed by atoms with E-state index in [1.807, 2.05) is 18.3 Å². The molecule has 1 aromatic heterocycles. The first-order valence-corrected chi connectivity index (χ1v) is 12.9. The van der Waals surface area contributed by atoms with Gasteiger partial charge in [0.15, 0.2) is 0 Å². The minimum atomic E-state index is -4.05. The van der Waals surface area contributed by atoms with Gasteiger partial charge in [-0.15, -0.1) is 0 Å². The number of aryl methyl sites for hydroxylation is 1. The van der Waals surface area contributed by atoms with Gasteiger partial charge in [-0.25, -0.2) is 13.1 Å². The van der Waals surface area contributed by atoms with E-state index in [1.165, 1.54) is 32.2 Å². The molecule has 0 fully saturated rings. The largest absolute Gasteiger partial charge is 0.496 e. The average Bonchev–Trinajstić information content (AvgIpc) is 3.20. The van der Waals surface area contributed by atoms with Crippen molar-refractivity contribution in [3.63, 3.8) is 0 Å². The zero-order valence-corrected chi connectivity index (χ0v) is 21.4. The number of amides is 2. The molecule has 0 aliphatic carbocycles. The summed E-state index contributed by atoms with van der Waals surface area (Å²) in [5.41, 5.74) is 3.70. The van der Waals surface area contributed by atoms with Gasteiger partial charge in [0.05, 0.1) is 17.5 Å². The number of anilines is 1. The maximum absolute atomic E-state index is 12.8. The van der Waals surface area contributed by atoms with Gasteiger partial charge >= 0.3 is 0 Å². The molecule has 0 saturated carbocycles. The van der Waals surface area contributed by atoms with Gasteiger partial charge in [0.2, 0.25) is 5.91 Å². The summed E-state index contributed by atoms with van der Waals surface area (Å²) in [5, 5.41) is 13.4. The van der Waals surface area contributed by atoms with Crippen molar-refractivity contribution < 1.29 is 27.9 Å². The Kier molecular flexibility index (Phi) is 7.33. The smallest absolute Gasteiger partial charge is 0.265 e. The van der Waals surface area contributed by atoms with Gasteiger partial charge < -0.3 is 19.7 Å². The van der Waals surface area contributed by atoms with Crippen LogP contribution in [0.5, 0.6) is 5.75 Å². The number of hydrogen-bond acceptors (Lipinski definition) is 6. The van der Waals surface area contributed by atoms with Crippen LogP contribution in [0.1, 0.15) is 34.0 Å². The number of ether oxygens (including phenoxy) is 1. The number of methoxy groups -OCH3 is 1. The van der Waals surface area contributed by atoms with Crippen LogP contribution in [-0.4, -0.2) is 37.0 Å². The fourth-order valence-electron chi connectivity index (χ4n) is 4.24. The first-order valence-electron chi connectivity index (χ1n) is 11.4. The van der Waals surface area contributed by atoms with E-state index in [2.05, 4.69) is 10.0 Å². The average molecular weight is 522 g/mol. The van der Waals surface area contributed by atoms with E-state index in [9.17, 15) is 23.1 Å². The molecule has 4 rings (SSSR count). The highest BCUT2D eigenvalue weighted by atomic mass is 32.2. The molecule has 9 nitrogen and oxygen atoms in total. The Balaban J connectivity index is 1.63. The summed E-state index contributed by atoms with van der Waals surface area (Å²) in [6.45, 7) is 2.87. The Hall–Kier alpha value is -4.15. The van der Waals surface area contributed by atoms with Crippen LogP contribution in [0.3, 0.4) is 0 Å². The Morgan fingerprint density at radius 1 is 1.03 bits per heavy atom. The van der Waals surface area contributed by atoms with Gasteiger partial charge in [0, 0.05) is 36.2 Å². The number of nitrogens with one attached hydrogen (secondary N) is 2. The maximum Gasteiger partial charge on any atom is 0.265 e. The van der Waals surface area contributed by atoms with Crippen LogP contribution in [0, 0.1) is 6.92 Å². The molecule has 0 unspecified atom stereocenters. The Morgan fingerprint density at radius 2 is 1.78 bits per heavy atom. The molecule has 4 aromatic rings. The molecule has 3 aromatic carbocycles. The zero-order chi connectivity index (χ0) is 26.7. The number of aliphatic hydroxyl groups is 1. The summed E-state index contributed by atoms with van der Waals surface area (Å²) in [6.07, 6.45) is 2.22. The van der Waals surface area contributed by atoms with Crippen molar-refractivity contribution >= 4 is 38.4 Å². The quantitative estimate of drug-likeness (QED) is 0.325. The van der Waals surface area contributed by atoms with Crippen LogP contribution >= 0.6 is 0 Å². The highest BCUT2D eigenvalue weighted by Crippen LogP contribution is 2.30. The third-order valence-electron chi connectivity index (χ3n) is 5.98. The summed E-state index contributed by atoms with van der Waals surface area (Å²) in [7, 11) is -2.58. The molecular weight excluding hydrogens is 494 g/mol. The molecule has 0 aliphatic heterocycles. The van der Waals surface area contributed by atoms with Crippen molar-refractivity contribution in [2.24, 2.45) is 0 Å². The van der Waals surface area contributed by atoms with Crippen LogP contribution in [0.25, 0.3) is 10.9 Å². The van der Waals surface area contributed by atoms with Crippen LogP contribution in [0.15, 0.2) is 71.8 Å². The number of carbonyl (C=O) groups excluding carboxylic acids is 2. The van der Waals surface area contributed by atoms with Crippen molar-refractivity contribution in [1.29, 1.82) is 0 Å². The van der Waals surface area contributed by atoms with Gasteiger partial charge in [0.1, 0.15) is 12.5 Å². The second-order valence-corrected chi connectivity index (χ2v) is 10.2. The van der Waals surface area contributed by atoms with E-state index in [-0.39, 0.29) is 23.1 Å². The van der Waals surface area contributed by atoms with Gasteiger partial charge in [-0.05, 0) is 60.0 Å². The molecule has 0 atom stereocenters. The molecule has 192 valence electrons. The molecule has 0 saturated heterocycles. The second-order valence-electron chi connectivity index (χ2n) is 8.58. The van der Waals surface area contributed by atoms with E-state index < -0.39 is 15.9 Å². The maximum atomic E-state index is 12.8. The lowest BCUT2D eigenvalue weighted by molar-refractivity contribution is -0.114. The Labute approximate surface area is 214 Å². The monoisotopic (exact) mass is 521 g/mol. The van der Waals surface area contributed by atoms with Crippen LogP contribution < -0.4 is 14.8 Å². The van der Waals surface area contributed by atoms with Crippen LogP contribution in [-0.2, 0) is 28.0 Å². The molecular formula is C27H27N3O6S. The number of carbonyl (C=O) groups is 2. The number of aliphatic hydroxyl groups excluding tert-OH is 1. The first-order chi connectivity index (χ1) is 17.6. The summed E-state index contributed by atoms with van der Waals surface area (Å²) < 4.78 is 34.8. The fraction of sp³-hybridized carbons (Fsp3) is 0.185. The third kappa shape index (κ3) is 5.50. The minimum absolute atomic E-state index is 0.0332. The Morgan fingerprint density at radius 3 is 2.46 bits per heavy atom. The topological polar surface area (TPSA) is 127 Å². The number of sulfonamides is 1. The molecule has 1 heterocycles. The zero-order valence-electron chi connectivity index (χ0n) is 20.6. The highest BCUT2D eigenvalue weighted by molar-refractivity contribution is 7.90. The highest BCUT2D eigenvalue weighted by Gasteiger charge is 2.21. The molecule has 0 aliphatic rings. The van der Waals surface area contributed by atoms with Crippen molar-refractivity contribution in [2.45, 2.75) is 31.9 Å². The SMILES string of the molecule is COc1cc(C(=O)NS(=O)(=O)c2ccccc2C)ccc1Cc1cn(CO)c2ccc(NC(C)=O)cc12. The van der Waals surface area contributed by atoms with E-state index in [1.54, 1.807) is 41.8 Å². The van der Waals surface area contributed by atoms with Crippen molar-refractivity contribution in [2.75, 3.05) is 12.4 Å². The van der Waals surface area contributed by atoms with Gasteiger partial charge in [-0.1, -0.05) is 24.3 Å². The minimum Gasteiger partial charge on any atom is -0.496 e. The predicted molar refractivity (Wildman–Crippen MR) is 140 cm³/mol. The van der Waals surface area contributed by atoms with E-state index in [0.717, 1.165) is 22.0 Å². The molecule has 2 amide bonds. The lowest BCUT2D eigenvalue weighted by Crippen LogP contribution is -2.31. The number of hydrogen-bond donors (Lipinski definition) is 3.